The van der Waals surface area contributed by atoms with Gasteiger partial charge in [-0.3, -0.25) is 19.2 Å². The summed E-state index contributed by atoms with van der Waals surface area (Å²) in [6, 6.07) is 6.40. The number of carboxylic acids is 1. The minimum Gasteiger partial charge on any atom is -0.507 e. The van der Waals surface area contributed by atoms with E-state index < -0.39 is 47.2 Å². The number of allylic oxidation sites excluding steroid dienone is 6. The Bertz CT molecular complexity index is 1760. The molecule has 2 aromatic rings. The van der Waals surface area contributed by atoms with Gasteiger partial charge >= 0.3 is 5.97 Å². The van der Waals surface area contributed by atoms with Crippen molar-refractivity contribution in [1.29, 1.82) is 0 Å². The predicted molar refractivity (Wildman–Crippen MR) is 150 cm³/mol. The van der Waals surface area contributed by atoms with E-state index >= 15 is 0 Å². The van der Waals surface area contributed by atoms with Crippen LogP contribution in [0, 0.1) is 17.8 Å². The third kappa shape index (κ3) is 4.06. The summed E-state index contributed by atoms with van der Waals surface area (Å²) in [6.07, 6.45) is 3.24. The number of aromatic carboxylic acids is 1. The van der Waals surface area contributed by atoms with Crippen molar-refractivity contribution >= 4 is 35.0 Å². The van der Waals surface area contributed by atoms with Crippen LogP contribution < -0.4 is 14.4 Å². The average molecular weight is 586 g/mol. The third-order valence-electron chi connectivity index (χ3n) is 8.87. The highest BCUT2D eigenvalue weighted by molar-refractivity contribution is 6.25. The van der Waals surface area contributed by atoms with E-state index in [9.17, 15) is 39.3 Å². The number of hydrogen-bond donors (Lipinski definition) is 3. The van der Waals surface area contributed by atoms with Crippen molar-refractivity contribution in [2.45, 2.75) is 25.7 Å². The number of phenolic OH excluding ortho intramolecular Hbond substituents is 1. The SMILES string of the molecule is COc1cc(O)c(C2C3=CCC4C(=O)N(c5ccc(C(=O)O)c(O)c5)C(=O)C4C3CC3=C2C(=O)C(C)=CC3=O)c(OC)c1. The van der Waals surface area contributed by atoms with Gasteiger partial charge in [0.2, 0.25) is 11.8 Å². The van der Waals surface area contributed by atoms with Crippen molar-refractivity contribution in [3.05, 3.63) is 75.9 Å². The third-order valence-corrected chi connectivity index (χ3v) is 8.87. The minimum atomic E-state index is -1.36. The molecule has 6 rings (SSSR count). The van der Waals surface area contributed by atoms with Crippen LogP contribution in [0.1, 0.15) is 41.6 Å². The van der Waals surface area contributed by atoms with Crippen molar-refractivity contribution < 1.29 is 48.8 Å². The fraction of sp³-hybridized carbons (Fsp3) is 0.281. The number of phenols is 2. The van der Waals surface area contributed by atoms with Gasteiger partial charge in [0, 0.05) is 46.4 Å². The molecule has 11 heteroatoms. The van der Waals surface area contributed by atoms with Crippen molar-refractivity contribution in [1.82, 2.24) is 0 Å². The lowest BCUT2D eigenvalue weighted by Gasteiger charge is -2.42. The first-order valence-corrected chi connectivity index (χ1v) is 13.6. The normalized spacial score (nSPS) is 24.7. The number of ether oxygens (including phenoxy) is 2. The predicted octanol–water partition coefficient (Wildman–Crippen LogP) is 3.45. The van der Waals surface area contributed by atoms with Crippen LogP contribution in [0.2, 0.25) is 0 Å². The van der Waals surface area contributed by atoms with E-state index in [1.165, 1.54) is 32.4 Å². The molecule has 0 radical (unpaired) electrons. The van der Waals surface area contributed by atoms with Gasteiger partial charge in [0.15, 0.2) is 11.6 Å². The Morgan fingerprint density at radius 1 is 0.953 bits per heavy atom. The highest BCUT2D eigenvalue weighted by atomic mass is 16.5. The highest BCUT2D eigenvalue weighted by Crippen LogP contribution is 2.58. The number of anilines is 1. The van der Waals surface area contributed by atoms with Crippen molar-refractivity contribution in [2.75, 3.05) is 19.1 Å². The maximum atomic E-state index is 14.0. The van der Waals surface area contributed by atoms with E-state index in [0.29, 0.717) is 11.3 Å². The zero-order valence-electron chi connectivity index (χ0n) is 23.4. The van der Waals surface area contributed by atoms with E-state index in [1.54, 1.807) is 19.1 Å². The van der Waals surface area contributed by atoms with Crippen LogP contribution in [0.15, 0.2) is 64.8 Å². The molecule has 3 N–H and O–H groups in total. The second-order valence-corrected chi connectivity index (χ2v) is 11.0. The van der Waals surface area contributed by atoms with Gasteiger partial charge in [0.05, 0.1) is 31.7 Å². The van der Waals surface area contributed by atoms with Crippen LogP contribution in [0.3, 0.4) is 0 Å². The Hall–Kier alpha value is -5.19. The number of fused-ring (bicyclic) bond motifs is 3. The Labute approximate surface area is 245 Å². The van der Waals surface area contributed by atoms with Gasteiger partial charge in [-0.05, 0) is 43.9 Å². The van der Waals surface area contributed by atoms with E-state index in [-0.39, 0.29) is 69.4 Å². The van der Waals surface area contributed by atoms with Crippen LogP contribution in [-0.2, 0) is 19.2 Å². The lowest BCUT2D eigenvalue weighted by molar-refractivity contribution is -0.123. The molecule has 1 aliphatic heterocycles. The van der Waals surface area contributed by atoms with Crippen LogP contribution in [0.25, 0.3) is 0 Å². The first-order chi connectivity index (χ1) is 20.5. The molecule has 11 nitrogen and oxygen atoms in total. The molecule has 1 fully saturated rings. The molecular weight excluding hydrogens is 558 g/mol. The molecule has 4 aliphatic rings. The molecule has 43 heavy (non-hydrogen) atoms. The van der Waals surface area contributed by atoms with Crippen molar-refractivity contribution in [3.8, 4) is 23.0 Å². The summed E-state index contributed by atoms with van der Waals surface area (Å²) in [6.45, 7) is 1.55. The van der Waals surface area contributed by atoms with Gasteiger partial charge in [-0.15, -0.1) is 0 Å². The molecule has 0 aromatic heterocycles. The molecule has 0 spiro atoms. The molecule has 0 bridgehead atoms. The quantitative estimate of drug-likeness (QED) is 0.269. The number of hydrogen-bond acceptors (Lipinski definition) is 9. The number of ketones is 2. The number of aromatic hydroxyl groups is 2. The average Bonchev–Trinajstić information content (AvgIpc) is 3.23. The zero-order valence-corrected chi connectivity index (χ0v) is 23.4. The number of carboxylic acid groups (broad SMARTS) is 1. The second kappa shape index (κ2) is 9.97. The number of benzene rings is 2. The first-order valence-electron chi connectivity index (χ1n) is 13.6. The Morgan fingerprint density at radius 2 is 1.70 bits per heavy atom. The lowest BCUT2D eigenvalue weighted by Crippen LogP contribution is -2.40. The number of imide groups is 1. The molecule has 2 amide bonds. The molecule has 4 atom stereocenters. The molecule has 1 saturated heterocycles. The smallest absolute Gasteiger partial charge is 0.339 e. The first kappa shape index (κ1) is 28.0. The summed E-state index contributed by atoms with van der Waals surface area (Å²) >= 11 is 0. The standard InChI is InChI=1S/C32H27NO10/c1-13-8-21(34)20-12-19-16(26(27(20)29(13)37)28-23(36)10-15(42-2)11-24(28)43-3)6-7-18-25(19)31(39)33(30(18)38)14-4-5-17(32(40)41)22(35)9-14/h4-6,8-11,18-19,25-26,35-36H,7,12H2,1-3H3,(H,40,41). The van der Waals surface area contributed by atoms with Crippen LogP contribution in [-0.4, -0.2) is 58.9 Å². The summed E-state index contributed by atoms with van der Waals surface area (Å²) in [5.41, 5.74) is 1.16. The van der Waals surface area contributed by atoms with Crippen LogP contribution >= 0.6 is 0 Å². The lowest BCUT2D eigenvalue weighted by atomic mass is 9.59. The molecular formula is C32H27NO10. The van der Waals surface area contributed by atoms with Crippen molar-refractivity contribution in [2.24, 2.45) is 17.8 Å². The number of carbonyl (C=O) groups excluding carboxylic acids is 4. The van der Waals surface area contributed by atoms with Crippen LogP contribution in [0.4, 0.5) is 5.69 Å². The summed E-state index contributed by atoms with van der Waals surface area (Å²) in [5, 5.41) is 30.8. The zero-order chi connectivity index (χ0) is 30.9. The van der Waals surface area contributed by atoms with Gasteiger partial charge in [-0.1, -0.05) is 11.6 Å². The van der Waals surface area contributed by atoms with Gasteiger partial charge in [-0.2, -0.15) is 0 Å². The molecule has 220 valence electrons. The fourth-order valence-electron chi connectivity index (χ4n) is 6.95. The molecule has 1 heterocycles. The maximum absolute atomic E-state index is 14.0. The molecule has 4 unspecified atom stereocenters. The topological polar surface area (TPSA) is 168 Å². The van der Waals surface area contributed by atoms with Gasteiger partial charge in [0.1, 0.15) is 28.6 Å². The van der Waals surface area contributed by atoms with E-state index in [1.807, 2.05) is 0 Å². The number of rotatable bonds is 5. The molecule has 2 aromatic carbocycles. The van der Waals surface area contributed by atoms with Gasteiger partial charge < -0.3 is 24.8 Å². The maximum Gasteiger partial charge on any atom is 0.339 e. The Balaban J connectivity index is 1.50. The number of nitrogens with zero attached hydrogens (tertiary/aromatic N) is 1. The van der Waals surface area contributed by atoms with Crippen molar-refractivity contribution in [3.63, 3.8) is 0 Å². The summed E-state index contributed by atoms with van der Waals surface area (Å²) in [5.74, 6) is -6.80. The van der Waals surface area contributed by atoms with Gasteiger partial charge in [0.25, 0.3) is 0 Å². The number of methoxy groups -OCH3 is 2. The number of Topliss-reactive ketones (excluding diaryl/α,β-unsaturated/α-hetero) is 1. The van der Waals surface area contributed by atoms with Gasteiger partial charge in [-0.25, -0.2) is 9.69 Å². The number of amides is 2. The summed E-state index contributed by atoms with van der Waals surface area (Å²) in [7, 11) is 2.83. The summed E-state index contributed by atoms with van der Waals surface area (Å²) in [4.78, 5) is 67.0. The number of carbonyl (C=O) groups is 5. The fourth-order valence-corrected chi connectivity index (χ4v) is 6.95. The summed E-state index contributed by atoms with van der Waals surface area (Å²) < 4.78 is 10.9. The minimum absolute atomic E-state index is 0.0256. The molecule has 0 saturated carbocycles. The Morgan fingerprint density at radius 3 is 2.35 bits per heavy atom. The largest absolute Gasteiger partial charge is 0.507 e. The van der Waals surface area contributed by atoms with E-state index in [4.69, 9.17) is 9.47 Å². The van der Waals surface area contributed by atoms with E-state index in [2.05, 4.69) is 0 Å². The Kier molecular flexibility index (Phi) is 6.48. The highest BCUT2D eigenvalue weighted by Gasteiger charge is 2.57. The van der Waals surface area contributed by atoms with E-state index in [0.717, 1.165) is 17.0 Å². The monoisotopic (exact) mass is 585 g/mol. The second-order valence-electron chi connectivity index (χ2n) is 11.0. The van der Waals surface area contributed by atoms with Crippen LogP contribution in [0.5, 0.6) is 23.0 Å². The molecule has 3 aliphatic carbocycles.